The van der Waals surface area contributed by atoms with Gasteiger partial charge in [0.15, 0.2) is 0 Å². The Bertz CT molecular complexity index is 1590. The van der Waals surface area contributed by atoms with Crippen molar-refractivity contribution in [3.05, 3.63) is 102 Å². The average molecular weight is 528 g/mol. The van der Waals surface area contributed by atoms with Crippen molar-refractivity contribution < 1.29 is 31.5 Å². The van der Waals surface area contributed by atoms with Crippen LogP contribution in [-0.4, -0.2) is 42.4 Å². The number of β-amino-alcohol motifs (C(OH)–C–C–N with tert-alkyl or cyclic N) is 1. The second kappa shape index (κ2) is 8.86. The van der Waals surface area contributed by atoms with Crippen molar-refractivity contribution in [2.45, 2.75) is 16.7 Å². The molecular formula is C26H20F3N3O4S. The van der Waals surface area contributed by atoms with Gasteiger partial charge in [0.2, 0.25) is 0 Å². The lowest BCUT2D eigenvalue weighted by molar-refractivity contribution is -0.145. The smallest absolute Gasteiger partial charge is 0.381 e. The standard InChI is InChI=1S/C26H20F3N3O4S/c27-26(28,29)21-8-2-1-7-20(21)25(34)15-32(16-25)24(33)18-10-12-19(13-11-18)31-37(35,36)22-9-3-5-17-6-4-14-30-23(17)22/h1-14,31,34H,15-16H2. The van der Waals surface area contributed by atoms with Gasteiger partial charge in [0, 0.05) is 22.8 Å². The molecule has 2 heterocycles. The Morgan fingerprint density at radius 2 is 1.62 bits per heavy atom. The number of rotatable bonds is 5. The predicted molar refractivity (Wildman–Crippen MR) is 130 cm³/mol. The number of hydrogen-bond acceptors (Lipinski definition) is 5. The van der Waals surface area contributed by atoms with Crippen LogP contribution in [0.15, 0.2) is 90.0 Å². The van der Waals surface area contributed by atoms with Gasteiger partial charge in [-0.25, -0.2) is 8.42 Å². The highest BCUT2D eigenvalue weighted by Gasteiger charge is 2.49. The van der Waals surface area contributed by atoms with Crippen LogP contribution in [0.4, 0.5) is 18.9 Å². The van der Waals surface area contributed by atoms with Crippen LogP contribution in [0.2, 0.25) is 0 Å². The van der Waals surface area contributed by atoms with Crippen molar-refractivity contribution in [3.63, 3.8) is 0 Å². The van der Waals surface area contributed by atoms with Gasteiger partial charge in [-0.1, -0.05) is 36.4 Å². The van der Waals surface area contributed by atoms with Gasteiger partial charge in [-0.15, -0.1) is 0 Å². The van der Waals surface area contributed by atoms with Gasteiger partial charge in [-0.2, -0.15) is 13.2 Å². The molecule has 11 heteroatoms. The molecular weight excluding hydrogens is 507 g/mol. The molecule has 0 bridgehead atoms. The third-order valence-corrected chi connectivity index (χ3v) is 7.61. The molecule has 0 spiro atoms. The van der Waals surface area contributed by atoms with Gasteiger partial charge in [0.25, 0.3) is 15.9 Å². The predicted octanol–water partition coefficient (Wildman–Crippen LogP) is 4.40. The largest absolute Gasteiger partial charge is 0.416 e. The minimum absolute atomic E-state index is 0.00440. The number of likely N-dealkylation sites (tertiary alicyclic amines) is 1. The number of nitrogens with one attached hydrogen (secondary N) is 1. The minimum Gasteiger partial charge on any atom is -0.381 e. The first-order valence-electron chi connectivity index (χ1n) is 11.1. The number of hydrogen-bond donors (Lipinski definition) is 2. The molecule has 0 unspecified atom stereocenters. The zero-order chi connectivity index (χ0) is 26.4. The van der Waals surface area contributed by atoms with Crippen molar-refractivity contribution >= 4 is 32.5 Å². The van der Waals surface area contributed by atoms with Crippen LogP contribution in [-0.2, 0) is 21.8 Å². The number of sulfonamides is 1. The third-order valence-electron chi connectivity index (χ3n) is 6.20. The number of carbonyl (C=O) groups is 1. The normalized spacial score (nSPS) is 15.3. The Morgan fingerprint density at radius 1 is 0.946 bits per heavy atom. The lowest BCUT2D eigenvalue weighted by atomic mass is 9.82. The van der Waals surface area contributed by atoms with Crippen LogP contribution in [0.25, 0.3) is 10.9 Å². The van der Waals surface area contributed by atoms with Crippen molar-refractivity contribution in [2.75, 3.05) is 17.8 Å². The van der Waals surface area contributed by atoms with Crippen molar-refractivity contribution in [3.8, 4) is 0 Å². The fourth-order valence-corrected chi connectivity index (χ4v) is 5.64. The molecule has 37 heavy (non-hydrogen) atoms. The van der Waals surface area contributed by atoms with Crippen LogP contribution in [0, 0.1) is 0 Å². The van der Waals surface area contributed by atoms with Crippen LogP contribution in [0.5, 0.6) is 0 Å². The van der Waals surface area contributed by atoms with E-state index in [-0.39, 0.29) is 34.8 Å². The molecule has 4 aromatic rings. The summed E-state index contributed by atoms with van der Waals surface area (Å²) < 4.78 is 68.5. The zero-order valence-electron chi connectivity index (χ0n) is 19.1. The van der Waals surface area contributed by atoms with E-state index in [0.717, 1.165) is 6.07 Å². The third kappa shape index (κ3) is 4.63. The molecule has 1 aliphatic heterocycles. The highest BCUT2D eigenvalue weighted by molar-refractivity contribution is 7.93. The molecule has 0 radical (unpaired) electrons. The molecule has 0 aliphatic carbocycles. The minimum atomic E-state index is -4.64. The number of anilines is 1. The molecule has 1 aromatic heterocycles. The SMILES string of the molecule is O=C(c1ccc(NS(=O)(=O)c2cccc3cccnc23)cc1)N1CC(O)(c2ccccc2C(F)(F)F)C1. The first-order valence-corrected chi connectivity index (χ1v) is 12.6. The lowest BCUT2D eigenvalue weighted by Crippen LogP contribution is -2.61. The average Bonchev–Trinajstić information content (AvgIpc) is 2.86. The first-order chi connectivity index (χ1) is 17.5. The summed E-state index contributed by atoms with van der Waals surface area (Å²) in [4.78, 5) is 18.2. The molecule has 190 valence electrons. The van der Waals surface area contributed by atoms with Gasteiger partial charge >= 0.3 is 6.18 Å². The Morgan fingerprint density at radius 3 is 2.32 bits per heavy atom. The molecule has 1 saturated heterocycles. The molecule has 2 N–H and O–H groups in total. The van der Waals surface area contributed by atoms with E-state index in [9.17, 15) is 31.5 Å². The number of carbonyl (C=O) groups excluding carboxylic acids is 1. The maximum atomic E-state index is 13.4. The summed E-state index contributed by atoms with van der Waals surface area (Å²) >= 11 is 0. The summed E-state index contributed by atoms with van der Waals surface area (Å²) in [5, 5.41) is 11.4. The Balaban J connectivity index is 1.30. The van der Waals surface area contributed by atoms with E-state index in [1.165, 1.54) is 59.6 Å². The summed E-state index contributed by atoms with van der Waals surface area (Å²) in [5.74, 6) is -0.498. The van der Waals surface area contributed by atoms with Crippen LogP contribution in [0.1, 0.15) is 21.5 Å². The van der Waals surface area contributed by atoms with Gasteiger partial charge in [0.1, 0.15) is 10.5 Å². The molecule has 3 aromatic carbocycles. The summed E-state index contributed by atoms with van der Waals surface area (Å²) in [6.45, 7) is -0.608. The number of para-hydroxylation sites is 1. The van der Waals surface area contributed by atoms with Crippen molar-refractivity contribution in [1.82, 2.24) is 9.88 Å². The van der Waals surface area contributed by atoms with E-state index in [4.69, 9.17) is 0 Å². The molecule has 0 saturated carbocycles. The van der Waals surface area contributed by atoms with Gasteiger partial charge in [0.05, 0.1) is 24.2 Å². The Labute approximate surface area is 210 Å². The van der Waals surface area contributed by atoms with Crippen LogP contribution < -0.4 is 4.72 Å². The Kier molecular flexibility index (Phi) is 5.92. The van der Waals surface area contributed by atoms with Gasteiger partial charge in [-0.3, -0.25) is 14.5 Å². The van der Waals surface area contributed by atoms with E-state index in [0.29, 0.717) is 10.9 Å². The maximum Gasteiger partial charge on any atom is 0.416 e. The number of fused-ring (bicyclic) bond motifs is 1. The zero-order valence-corrected chi connectivity index (χ0v) is 19.9. The summed E-state index contributed by atoms with van der Waals surface area (Å²) in [6.07, 6.45) is -3.14. The molecule has 1 fully saturated rings. The number of amides is 1. The summed E-state index contributed by atoms with van der Waals surface area (Å²) in [5.41, 5.74) is -2.31. The Hall–Kier alpha value is -3.96. The number of pyridine rings is 1. The first kappa shape index (κ1) is 24.7. The van der Waals surface area contributed by atoms with Crippen molar-refractivity contribution in [1.29, 1.82) is 0 Å². The van der Waals surface area contributed by atoms with E-state index in [1.807, 2.05) is 0 Å². The van der Waals surface area contributed by atoms with E-state index in [2.05, 4.69) is 9.71 Å². The number of nitrogens with zero attached hydrogens (tertiary/aromatic N) is 2. The van der Waals surface area contributed by atoms with E-state index in [1.54, 1.807) is 24.3 Å². The maximum absolute atomic E-state index is 13.4. The highest BCUT2D eigenvalue weighted by Crippen LogP contribution is 2.41. The molecule has 5 rings (SSSR count). The molecule has 1 amide bonds. The number of halogens is 3. The second-order valence-electron chi connectivity index (χ2n) is 8.75. The quantitative estimate of drug-likeness (QED) is 0.401. The number of aliphatic hydroxyl groups is 1. The fourth-order valence-electron chi connectivity index (χ4n) is 4.40. The molecule has 1 aliphatic rings. The summed E-state index contributed by atoms with van der Waals surface area (Å²) in [6, 6.07) is 18.6. The lowest BCUT2D eigenvalue weighted by Gasteiger charge is -2.47. The van der Waals surface area contributed by atoms with Gasteiger partial charge in [-0.05, 0) is 48.0 Å². The van der Waals surface area contributed by atoms with Crippen LogP contribution in [0.3, 0.4) is 0 Å². The van der Waals surface area contributed by atoms with Crippen molar-refractivity contribution in [2.24, 2.45) is 0 Å². The van der Waals surface area contributed by atoms with E-state index < -0.39 is 33.3 Å². The fraction of sp³-hybridized carbons (Fsp3) is 0.154. The topological polar surface area (TPSA) is 99.6 Å². The highest BCUT2D eigenvalue weighted by atomic mass is 32.2. The number of benzene rings is 3. The van der Waals surface area contributed by atoms with Crippen LogP contribution >= 0.6 is 0 Å². The number of alkyl halides is 3. The molecule has 0 atom stereocenters. The van der Waals surface area contributed by atoms with Gasteiger partial charge < -0.3 is 10.0 Å². The summed E-state index contributed by atoms with van der Waals surface area (Å²) in [7, 11) is -3.98. The van der Waals surface area contributed by atoms with E-state index >= 15 is 0 Å². The number of aromatic nitrogens is 1. The monoisotopic (exact) mass is 527 g/mol. The second-order valence-corrected chi connectivity index (χ2v) is 10.4. The molecule has 7 nitrogen and oxygen atoms in total.